The zero-order valence-corrected chi connectivity index (χ0v) is 17.7. The highest BCUT2D eigenvalue weighted by Crippen LogP contribution is 2.28. The van der Waals surface area contributed by atoms with Crippen LogP contribution < -0.4 is 15.4 Å². The van der Waals surface area contributed by atoms with E-state index in [2.05, 4.69) is 20.6 Å². The van der Waals surface area contributed by atoms with Crippen LogP contribution in [-0.2, 0) is 0 Å². The van der Waals surface area contributed by atoms with E-state index in [0.29, 0.717) is 23.1 Å². The zero-order valence-electron chi connectivity index (χ0n) is 17.7. The second kappa shape index (κ2) is 8.31. The lowest BCUT2D eigenvalue weighted by atomic mass is 10.0. The number of rotatable bonds is 5. The van der Waals surface area contributed by atoms with Gasteiger partial charge in [0.25, 0.3) is 5.91 Å². The molecule has 0 saturated carbocycles. The maximum Gasteiger partial charge on any atom is 0.274 e. The third-order valence-electron chi connectivity index (χ3n) is 4.60. The van der Waals surface area contributed by atoms with E-state index in [4.69, 9.17) is 4.74 Å². The van der Waals surface area contributed by atoms with Gasteiger partial charge in [0.1, 0.15) is 11.4 Å². The van der Waals surface area contributed by atoms with E-state index in [1.807, 2.05) is 65.0 Å². The molecule has 6 heteroatoms. The highest BCUT2D eigenvalue weighted by molar-refractivity contribution is 6.04. The maximum absolute atomic E-state index is 12.9. The molecular weight excluding hydrogens is 364 g/mol. The van der Waals surface area contributed by atoms with E-state index >= 15 is 0 Å². The van der Waals surface area contributed by atoms with Gasteiger partial charge in [-0.05, 0) is 69.5 Å². The molecule has 2 N–H and O–H groups in total. The highest BCUT2D eigenvalue weighted by Gasteiger charge is 2.15. The summed E-state index contributed by atoms with van der Waals surface area (Å²) in [6.07, 6.45) is 0. The van der Waals surface area contributed by atoms with E-state index in [1.54, 1.807) is 13.2 Å². The minimum atomic E-state index is -0.273. The Morgan fingerprint density at radius 2 is 1.59 bits per heavy atom. The topological polar surface area (TPSA) is 76.1 Å². The normalized spacial score (nSPS) is 10.6. The summed E-state index contributed by atoms with van der Waals surface area (Å²) in [6.45, 7) is 9.83. The summed E-state index contributed by atoms with van der Waals surface area (Å²) >= 11 is 0. The van der Waals surface area contributed by atoms with Gasteiger partial charge in [-0.1, -0.05) is 23.8 Å². The van der Waals surface area contributed by atoms with Crippen molar-refractivity contribution in [2.24, 2.45) is 0 Å². The van der Waals surface area contributed by atoms with Crippen LogP contribution in [0.2, 0.25) is 0 Å². The van der Waals surface area contributed by atoms with Gasteiger partial charge in [0.15, 0.2) is 0 Å². The number of carbonyl (C=O) groups is 1. The van der Waals surface area contributed by atoms with Gasteiger partial charge in [-0.15, -0.1) is 0 Å². The Morgan fingerprint density at radius 3 is 2.24 bits per heavy atom. The number of nitrogens with one attached hydrogen (secondary N) is 2. The van der Waals surface area contributed by atoms with Gasteiger partial charge in [-0.3, -0.25) is 4.79 Å². The van der Waals surface area contributed by atoms with Crippen molar-refractivity contribution >= 4 is 23.2 Å². The van der Waals surface area contributed by atoms with Crippen molar-refractivity contribution in [1.29, 1.82) is 0 Å². The average Bonchev–Trinajstić information content (AvgIpc) is 2.64. The smallest absolute Gasteiger partial charge is 0.274 e. The lowest BCUT2D eigenvalue weighted by Crippen LogP contribution is -2.17. The van der Waals surface area contributed by atoms with Crippen LogP contribution >= 0.6 is 0 Å². The first-order valence-corrected chi connectivity index (χ1v) is 9.43. The molecule has 0 saturated heterocycles. The van der Waals surface area contributed by atoms with E-state index in [1.165, 1.54) is 0 Å². The zero-order chi connectivity index (χ0) is 21.1. The number of amides is 1. The first kappa shape index (κ1) is 20.3. The summed E-state index contributed by atoms with van der Waals surface area (Å²) in [4.78, 5) is 21.7. The molecule has 0 radical (unpaired) electrons. The Morgan fingerprint density at radius 1 is 0.897 bits per heavy atom. The number of ether oxygens (including phenoxy) is 1. The SMILES string of the molecule is COc1ccc(C)cc1Nc1nc(C)cc(C(=O)Nc2c(C)cc(C)cc2C)n1. The average molecular weight is 390 g/mol. The summed E-state index contributed by atoms with van der Waals surface area (Å²) < 4.78 is 5.40. The van der Waals surface area contributed by atoms with Crippen molar-refractivity contribution in [2.75, 3.05) is 17.7 Å². The molecule has 0 unspecified atom stereocenters. The summed E-state index contributed by atoms with van der Waals surface area (Å²) in [6, 6.07) is 11.6. The highest BCUT2D eigenvalue weighted by atomic mass is 16.5. The lowest BCUT2D eigenvalue weighted by Gasteiger charge is -2.14. The van der Waals surface area contributed by atoms with Crippen molar-refractivity contribution in [3.63, 3.8) is 0 Å². The number of nitrogens with zero attached hydrogens (tertiary/aromatic N) is 2. The summed E-state index contributed by atoms with van der Waals surface area (Å²) in [5, 5.41) is 6.16. The third-order valence-corrected chi connectivity index (χ3v) is 4.60. The van der Waals surface area contributed by atoms with Gasteiger partial charge in [0.2, 0.25) is 5.95 Å². The first-order chi connectivity index (χ1) is 13.8. The molecule has 3 aromatic rings. The number of benzene rings is 2. The molecule has 2 aromatic carbocycles. The molecule has 3 rings (SSSR count). The number of hydrogen-bond donors (Lipinski definition) is 2. The molecule has 6 nitrogen and oxygen atoms in total. The Bertz CT molecular complexity index is 1050. The van der Waals surface area contributed by atoms with E-state index < -0.39 is 0 Å². The summed E-state index contributed by atoms with van der Waals surface area (Å²) in [7, 11) is 1.61. The quantitative estimate of drug-likeness (QED) is 0.639. The molecule has 0 aliphatic carbocycles. The van der Waals surface area contributed by atoms with Crippen molar-refractivity contribution in [3.05, 3.63) is 70.0 Å². The monoisotopic (exact) mass is 390 g/mol. The van der Waals surface area contributed by atoms with Gasteiger partial charge in [-0.2, -0.15) is 0 Å². The standard InChI is InChI=1S/C23H26N4O2/c1-13-7-8-20(29-6)18(11-13)25-23-24-17(5)12-19(26-23)22(28)27-21-15(3)9-14(2)10-16(21)4/h7-12H,1-6H3,(H,27,28)(H,24,25,26). The minimum Gasteiger partial charge on any atom is -0.495 e. The second-order valence-electron chi connectivity index (χ2n) is 7.27. The van der Waals surface area contributed by atoms with Crippen LogP contribution in [0.4, 0.5) is 17.3 Å². The fourth-order valence-electron chi connectivity index (χ4n) is 3.34. The van der Waals surface area contributed by atoms with Crippen molar-refractivity contribution < 1.29 is 9.53 Å². The predicted molar refractivity (Wildman–Crippen MR) is 116 cm³/mol. The predicted octanol–water partition coefficient (Wildman–Crippen LogP) is 5.02. The van der Waals surface area contributed by atoms with Crippen LogP contribution in [0.1, 0.15) is 38.4 Å². The molecule has 150 valence electrons. The van der Waals surface area contributed by atoms with Gasteiger partial charge in [0, 0.05) is 11.4 Å². The summed E-state index contributed by atoms with van der Waals surface area (Å²) in [5.41, 5.74) is 6.82. The second-order valence-corrected chi connectivity index (χ2v) is 7.27. The molecule has 0 fully saturated rings. The molecule has 1 amide bonds. The first-order valence-electron chi connectivity index (χ1n) is 9.43. The molecule has 0 spiro atoms. The molecule has 0 atom stereocenters. The van der Waals surface area contributed by atoms with Crippen LogP contribution in [0.3, 0.4) is 0 Å². The fourth-order valence-corrected chi connectivity index (χ4v) is 3.34. The van der Waals surface area contributed by atoms with Crippen LogP contribution in [-0.4, -0.2) is 23.0 Å². The number of aromatic nitrogens is 2. The Labute approximate surface area is 171 Å². The molecular formula is C23H26N4O2. The van der Waals surface area contributed by atoms with E-state index in [9.17, 15) is 4.79 Å². The van der Waals surface area contributed by atoms with Crippen LogP contribution in [0.5, 0.6) is 5.75 Å². The van der Waals surface area contributed by atoms with E-state index in [-0.39, 0.29) is 5.91 Å². The number of methoxy groups -OCH3 is 1. The van der Waals surface area contributed by atoms with Gasteiger partial charge >= 0.3 is 0 Å². The van der Waals surface area contributed by atoms with Crippen LogP contribution in [0, 0.1) is 34.6 Å². The summed E-state index contributed by atoms with van der Waals surface area (Å²) in [5.74, 6) is 0.749. The van der Waals surface area contributed by atoms with Gasteiger partial charge < -0.3 is 15.4 Å². The van der Waals surface area contributed by atoms with Crippen LogP contribution in [0.25, 0.3) is 0 Å². The Balaban J connectivity index is 1.90. The number of hydrogen-bond acceptors (Lipinski definition) is 5. The molecule has 1 heterocycles. The Hall–Kier alpha value is -3.41. The fraction of sp³-hybridized carbons (Fsp3) is 0.261. The molecule has 1 aromatic heterocycles. The molecule has 0 aliphatic heterocycles. The van der Waals surface area contributed by atoms with E-state index in [0.717, 1.165) is 33.6 Å². The van der Waals surface area contributed by atoms with Gasteiger partial charge in [-0.25, -0.2) is 9.97 Å². The molecule has 29 heavy (non-hydrogen) atoms. The lowest BCUT2D eigenvalue weighted by molar-refractivity contribution is 0.102. The van der Waals surface area contributed by atoms with Crippen molar-refractivity contribution in [3.8, 4) is 5.75 Å². The maximum atomic E-state index is 12.9. The number of aryl methyl sites for hydroxylation is 5. The largest absolute Gasteiger partial charge is 0.495 e. The van der Waals surface area contributed by atoms with Crippen molar-refractivity contribution in [1.82, 2.24) is 9.97 Å². The molecule has 0 aliphatic rings. The number of carbonyl (C=O) groups excluding carboxylic acids is 1. The molecule has 0 bridgehead atoms. The third kappa shape index (κ3) is 4.71. The number of anilines is 3. The van der Waals surface area contributed by atoms with Crippen LogP contribution in [0.15, 0.2) is 36.4 Å². The van der Waals surface area contributed by atoms with Gasteiger partial charge in [0.05, 0.1) is 12.8 Å². The minimum absolute atomic E-state index is 0.273. The van der Waals surface area contributed by atoms with Crippen molar-refractivity contribution in [2.45, 2.75) is 34.6 Å². The Kier molecular flexibility index (Phi) is 5.82.